The maximum absolute atomic E-state index is 11.8. The first kappa shape index (κ1) is 17.2. The minimum atomic E-state index is -0.353. The SMILES string of the molecule is CCN(CC(=O)NC(C)C)Cc1ccccc1C(=O)OC. The van der Waals surface area contributed by atoms with Gasteiger partial charge in [0, 0.05) is 12.6 Å². The second kappa shape index (κ2) is 8.42. The van der Waals surface area contributed by atoms with Crippen molar-refractivity contribution in [1.29, 1.82) is 0 Å². The predicted molar refractivity (Wildman–Crippen MR) is 82.0 cm³/mol. The molecule has 0 aromatic heterocycles. The third-order valence-electron chi connectivity index (χ3n) is 3.08. The molecule has 0 fully saturated rings. The Balaban J connectivity index is 2.78. The van der Waals surface area contributed by atoms with Crippen LogP contribution in [0.15, 0.2) is 24.3 Å². The van der Waals surface area contributed by atoms with Gasteiger partial charge in [0.05, 0.1) is 19.2 Å². The second-order valence-electron chi connectivity index (χ2n) is 5.17. The summed E-state index contributed by atoms with van der Waals surface area (Å²) in [5.41, 5.74) is 1.41. The van der Waals surface area contributed by atoms with Gasteiger partial charge in [-0.2, -0.15) is 0 Å². The summed E-state index contributed by atoms with van der Waals surface area (Å²) >= 11 is 0. The van der Waals surface area contributed by atoms with E-state index in [0.717, 1.165) is 12.1 Å². The van der Waals surface area contributed by atoms with E-state index in [1.807, 2.05) is 37.8 Å². The Hall–Kier alpha value is -1.88. The first-order valence-electron chi connectivity index (χ1n) is 7.15. The van der Waals surface area contributed by atoms with Gasteiger partial charge in [-0.15, -0.1) is 0 Å². The molecule has 0 aliphatic rings. The molecule has 116 valence electrons. The van der Waals surface area contributed by atoms with Crippen LogP contribution in [0.1, 0.15) is 36.7 Å². The van der Waals surface area contributed by atoms with Crippen LogP contribution in [-0.2, 0) is 16.1 Å². The molecule has 0 saturated carbocycles. The normalized spacial score (nSPS) is 10.8. The monoisotopic (exact) mass is 292 g/mol. The zero-order valence-electron chi connectivity index (χ0n) is 13.2. The molecule has 0 aliphatic carbocycles. The molecule has 21 heavy (non-hydrogen) atoms. The van der Waals surface area contributed by atoms with E-state index < -0.39 is 0 Å². The molecule has 1 amide bonds. The average molecular weight is 292 g/mol. The lowest BCUT2D eigenvalue weighted by Gasteiger charge is -2.21. The van der Waals surface area contributed by atoms with Crippen LogP contribution in [-0.4, -0.2) is 43.0 Å². The molecule has 1 N–H and O–H groups in total. The van der Waals surface area contributed by atoms with E-state index in [1.54, 1.807) is 12.1 Å². The van der Waals surface area contributed by atoms with Gasteiger partial charge in [-0.1, -0.05) is 25.1 Å². The first-order valence-corrected chi connectivity index (χ1v) is 7.15. The lowest BCUT2D eigenvalue weighted by molar-refractivity contribution is -0.122. The summed E-state index contributed by atoms with van der Waals surface area (Å²) in [7, 11) is 1.37. The highest BCUT2D eigenvalue weighted by molar-refractivity contribution is 5.91. The molecule has 1 rings (SSSR count). The van der Waals surface area contributed by atoms with E-state index in [9.17, 15) is 9.59 Å². The van der Waals surface area contributed by atoms with E-state index in [4.69, 9.17) is 4.74 Å². The Kier molecular flexibility index (Phi) is 6.88. The molecule has 0 aliphatic heterocycles. The number of nitrogens with zero attached hydrogens (tertiary/aromatic N) is 1. The number of likely N-dealkylation sites (N-methyl/N-ethyl adjacent to an activating group) is 1. The summed E-state index contributed by atoms with van der Waals surface area (Å²) in [6.45, 7) is 7.42. The van der Waals surface area contributed by atoms with Crippen molar-refractivity contribution in [2.75, 3.05) is 20.2 Å². The molecule has 5 heteroatoms. The van der Waals surface area contributed by atoms with Gasteiger partial charge in [-0.05, 0) is 32.0 Å². The molecule has 5 nitrogen and oxygen atoms in total. The number of hydrogen-bond acceptors (Lipinski definition) is 4. The van der Waals surface area contributed by atoms with Crippen LogP contribution in [0, 0.1) is 0 Å². The predicted octanol–water partition coefficient (Wildman–Crippen LogP) is 1.82. The molecule has 0 unspecified atom stereocenters. The first-order chi connectivity index (χ1) is 9.97. The van der Waals surface area contributed by atoms with E-state index in [-0.39, 0.29) is 17.9 Å². The Morgan fingerprint density at radius 2 is 1.95 bits per heavy atom. The number of rotatable bonds is 7. The Morgan fingerprint density at radius 3 is 2.52 bits per heavy atom. The highest BCUT2D eigenvalue weighted by Crippen LogP contribution is 2.12. The summed E-state index contributed by atoms with van der Waals surface area (Å²) in [6.07, 6.45) is 0. The number of nitrogens with one attached hydrogen (secondary N) is 1. The Morgan fingerprint density at radius 1 is 1.29 bits per heavy atom. The number of ether oxygens (including phenoxy) is 1. The summed E-state index contributed by atoms with van der Waals surface area (Å²) in [4.78, 5) is 25.6. The quantitative estimate of drug-likeness (QED) is 0.779. The summed E-state index contributed by atoms with van der Waals surface area (Å²) in [5, 5.41) is 2.87. The van der Waals surface area contributed by atoms with Gasteiger partial charge in [0.15, 0.2) is 0 Å². The van der Waals surface area contributed by atoms with E-state index in [1.165, 1.54) is 7.11 Å². The van der Waals surface area contributed by atoms with Crippen molar-refractivity contribution in [3.05, 3.63) is 35.4 Å². The fourth-order valence-corrected chi connectivity index (χ4v) is 2.06. The molecule has 0 saturated heterocycles. The summed E-state index contributed by atoms with van der Waals surface area (Å²) in [6, 6.07) is 7.43. The molecule has 0 atom stereocenters. The van der Waals surface area contributed by atoms with Gasteiger partial charge in [-0.25, -0.2) is 4.79 Å². The fourth-order valence-electron chi connectivity index (χ4n) is 2.06. The van der Waals surface area contributed by atoms with Gasteiger partial charge in [0.1, 0.15) is 0 Å². The van der Waals surface area contributed by atoms with Crippen molar-refractivity contribution in [2.45, 2.75) is 33.4 Å². The van der Waals surface area contributed by atoms with Crippen LogP contribution in [0.4, 0.5) is 0 Å². The summed E-state index contributed by atoms with van der Waals surface area (Å²) in [5.74, 6) is -0.365. The van der Waals surface area contributed by atoms with E-state index in [0.29, 0.717) is 18.7 Å². The molecule has 0 bridgehead atoms. The number of amides is 1. The van der Waals surface area contributed by atoms with Crippen molar-refractivity contribution in [1.82, 2.24) is 10.2 Å². The molecule has 0 radical (unpaired) electrons. The van der Waals surface area contributed by atoms with Crippen LogP contribution in [0.25, 0.3) is 0 Å². The van der Waals surface area contributed by atoms with E-state index in [2.05, 4.69) is 5.32 Å². The third-order valence-corrected chi connectivity index (χ3v) is 3.08. The standard InChI is InChI=1S/C16H24N2O3/c1-5-18(11-15(19)17-12(2)3)10-13-8-6-7-9-14(13)16(20)21-4/h6-9,12H,5,10-11H2,1-4H3,(H,17,19). The van der Waals surface area contributed by atoms with Crippen molar-refractivity contribution >= 4 is 11.9 Å². The van der Waals surface area contributed by atoms with Crippen LogP contribution < -0.4 is 5.32 Å². The van der Waals surface area contributed by atoms with Crippen molar-refractivity contribution in [3.63, 3.8) is 0 Å². The molecule has 1 aromatic carbocycles. The fraction of sp³-hybridized carbons (Fsp3) is 0.500. The van der Waals surface area contributed by atoms with Crippen LogP contribution >= 0.6 is 0 Å². The van der Waals surface area contributed by atoms with Crippen LogP contribution in [0.3, 0.4) is 0 Å². The van der Waals surface area contributed by atoms with Gasteiger partial charge >= 0.3 is 5.97 Å². The number of hydrogen-bond donors (Lipinski definition) is 1. The lowest BCUT2D eigenvalue weighted by Crippen LogP contribution is -2.39. The zero-order chi connectivity index (χ0) is 15.8. The maximum atomic E-state index is 11.8. The van der Waals surface area contributed by atoms with Crippen molar-refractivity contribution < 1.29 is 14.3 Å². The highest BCUT2D eigenvalue weighted by Gasteiger charge is 2.15. The third kappa shape index (κ3) is 5.55. The van der Waals surface area contributed by atoms with E-state index >= 15 is 0 Å². The lowest BCUT2D eigenvalue weighted by atomic mass is 10.1. The number of esters is 1. The number of carbonyl (C=O) groups is 2. The van der Waals surface area contributed by atoms with Crippen molar-refractivity contribution in [2.24, 2.45) is 0 Å². The minimum Gasteiger partial charge on any atom is -0.465 e. The minimum absolute atomic E-state index is 0.0117. The number of benzene rings is 1. The maximum Gasteiger partial charge on any atom is 0.338 e. The van der Waals surface area contributed by atoms with Gasteiger partial charge in [-0.3, -0.25) is 9.69 Å². The molecule has 1 aromatic rings. The molecule has 0 heterocycles. The average Bonchev–Trinajstić information content (AvgIpc) is 2.45. The number of methoxy groups -OCH3 is 1. The zero-order valence-corrected chi connectivity index (χ0v) is 13.2. The topological polar surface area (TPSA) is 58.6 Å². The van der Waals surface area contributed by atoms with Crippen LogP contribution in [0.2, 0.25) is 0 Å². The van der Waals surface area contributed by atoms with Gasteiger partial charge < -0.3 is 10.1 Å². The highest BCUT2D eigenvalue weighted by atomic mass is 16.5. The molecular formula is C16H24N2O3. The molecule has 0 spiro atoms. The Labute approximate surface area is 126 Å². The molecular weight excluding hydrogens is 268 g/mol. The largest absolute Gasteiger partial charge is 0.465 e. The van der Waals surface area contributed by atoms with Gasteiger partial charge in [0.2, 0.25) is 5.91 Å². The van der Waals surface area contributed by atoms with Crippen LogP contribution in [0.5, 0.6) is 0 Å². The number of carbonyl (C=O) groups excluding carboxylic acids is 2. The smallest absolute Gasteiger partial charge is 0.338 e. The Bertz CT molecular complexity index is 486. The second-order valence-corrected chi connectivity index (χ2v) is 5.17. The van der Waals surface area contributed by atoms with Gasteiger partial charge in [0.25, 0.3) is 0 Å². The van der Waals surface area contributed by atoms with Crippen molar-refractivity contribution in [3.8, 4) is 0 Å². The summed E-state index contributed by atoms with van der Waals surface area (Å²) < 4.78 is 4.79.